The van der Waals surface area contributed by atoms with Gasteiger partial charge in [0.05, 0.1) is 10.6 Å². The molecule has 0 spiro atoms. The zero-order chi connectivity index (χ0) is 29.6. The van der Waals surface area contributed by atoms with Gasteiger partial charge in [0.1, 0.15) is 12.6 Å². The molecule has 214 valence electrons. The summed E-state index contributed by atoms with van der Waals surface area (Å²) in [4.78, 5) is 28.8. The van der Waals surface area contributed by atoms with Gasteiger partial charge >= 0.3 is 0 Å². The Morgan fingerprint density at radius 1 is 0.950 bits per heavy atom. The smallest absolute Gasteiger partial charge is 0.264 e. The molecule has 0 fully saturated rings. The third kappa shape index (κ3) is 7.56. The van der Waals surface area contributed by atoms with Crippen LogP contribution in [0.1, 0.15) is 43.9 Å². The summed E-state index contributed by atoms with van der Waals surface area (Å²) in [6, 6.07) is 17.4. The van der Waals surface area contributed by atoms with Crippen molar-refractivity contribution in [2.75, 3.05) is 10.8 Å². The van der Waals surface area contributed by atoms with E-state index in [0.717, 1.165) is 9.87 Å². The van der Waals surface area contributed by atoms with E-state index < -0.39 is 28.5 Å². The molecule has 1 N–H and O–H groups in total. The lowest BCUT2D eigenvalue weighted by molar-refractivity contribution is -0.140. The molecule has 0 aliphatic rings. The lowest BCUT2D eigenvalue weighted by Crippen LogP contribution is -2.53. The highest BCUT2D eigenvalue weighted by Crippen LogP contribution is 2.29. The van der Waals surface area contributed by atoms with Gasteiger partial charge in [-0.1, -0.05) is 72.1 Å². The van der Waals surface area contributed by atoms with Crippen molar-refractivity contribution >= 4 is 50.7 Å². The van der Waals surface area contributed by atoms with E-state index in [-0.39, 0.29) is 23.4 Å². The first-order valence-corrected chi connectivity index (χ1v) is 15.2. The maximum Gasteiger partial charge on any atom is 0.264 e. The fourth-order valence-electron chi connectivity index (χ4n) is 4.33. The van der Waals surface area contributed by atoms with Crippen molar-refractivity contribution in [1.29, 1.82) is 0 Å². The van der Waals surface area contributed by atoms with E-state index >= 15 is 0 Å². The van der Waals surface area contributed by atoms with Crippen molar-refractivity contribution in [2.45, 2.75) is 64.6 Å². The fourth-order valence-corrected chi connectivity index (χ4v) is 6.27. The Balaban J connectivity index is 2.10. The van der Waals surface area contributed by atoms with Crippen LogP contribution < -0.4 is 9.62 Å². The normalized spacial score (nSPS) is 12.2. The van der Waals surface area contributed by atoms with E-state index in [4.69, 9.17) is 23.2 Å². The molecule has 0 heterocycles. The van der Waals surface area contributed by atoms with E-state index in [9.17, 15) is 18.0 Å². The highest BCUT2D eigenvalue weighted by molar-refractivity contribution is 7.92. The Labute approximate surface area is 247 Å². The van der Waals surface area contributed by atoms with Gasteiger partial charge in [0.15, 0.2) is 0 Å². The van der Waals surface area contributed by atoms with E-state index in [0.29, 0.717) is 33.3 Å². The average Bonchev–Trinajstić information content (AvgIpc) is 2.88. The van der Waals surface area contributed by atoms with Gasteiger partial charge in [-0.05, 0) is 75.6 Å². The molecule has 3 rings (SSSR count). The van der Waals surface area contributed by atoms with E-state index in [2.05, 4.69) is 5.32 Å². The Kier molecular flexibility index (Phi) is 10.6. The molecular formula is C30H35Cl2N3O4S. The quantitative estimate of drug-likeness (QED) is 0.285. The molecule has 40 heavy (non-hydrogen) atoms. The minimum atomic E-state index is -4.14. The number of aryl methyl sites for hydroxylation is 2. The molecule has 0 aliphatic carbocycles. The number of para-hydroxylation sites is 1. The van der Waals surface area contributed by atoms with E-state index in [1.165, 1.54) is 17.0 Å². The summed E-state index contributed by atoms with van der Waals surface area (Å²) < 4.78 is 29.0. The first kappa shape index (κ1) is 31.5. The lowest BCUT2D eigenvalue weighted by atomic mass is 10.1. The Hall–Kier alpha value is -3.07. The molecule has 0 radical (unpaired) electrons. The number of nitrogens with zero attached hydrogens (tertiary/aromatic N) is 2. The zero-order valence-electron chi connectivity index (χ0n) is 23.3. The first-order chi connectivity index (χ1) is 18.8. The highest BCUT2D eigenvalue weighted by Gasteiger charge is 2.34. The molecule has 7 nitrogen and oxygen atoms in total. The fraction of sp³-hybridized carbons (Fsp3) is 0.333. The van der Waals surface area contributed by atoms with E-state index in [1.54, 1.807) is 68.4 Å². The summed E-state index contributed by atoms with van der Waals surface area (Å²) in [5.41, 5.74) is 2.55. The molecule has 0 bridgehead atoms. The zero-order valence-corrected chi connectivity index (χ0v) is 25.6. The summed E-state index contributed by atoms with van der Waals surface area (Å²) >= 11 is 12.5. The predicted octanol–water partition coefficient (Wildman–Crippen LogP) is 6.14. The molecule has 0 saturated heterocycles. The molecule has 0 saturated carbocycles. The van der Waals surface area contributed by atoms with Crippen molar-refractivity contribution < 1.29 is 18.0 Å². The number of sulfonamides is 1. The monoisotopic (exact) mass is 603 g/mol. The molecule has 0 aliphatic heterocycles. The van der Waals surface area contributed by atoms with Crippen LogP contribution in [0.3, 0.4) is 0 Å². The number of nitrogens with one attached hydrogen (secondary N) is 1. The van der Waals surface area contributed by atoms with Crippen LogP contribution in [-0.4, -0.2) is 43.8 Å². The van der Waals surface area contributed by atoms with Gasteiger partial charge in [-0.15, -0.1) is 0 Å². The van der Waals surface area contributed by atoms with Crippen molar-refractivity contribution in [2.24, 2.45) is 0 Å². The van der Waals surface area contributed by atoms with Crippen LogP contribution >= 0.6 is 23.2 Å². The maximum absolute atomic E-state index is 14.1. The Bertz CT molecular complexity index is 1460. The predicted molar refractivity (Wildman–Crippen MR) is 161 cm³/mol. The summed E-state index contributed by atoms with van der Waals surface area (Å²) in [6.45, 7) is 8.60. The van der Waals surface area contributed by atoms with Crippen molar-refractivity contribution in [1.82, 2.24) is 10.2 Å². The number of amides is 2. The standard InChI is InChI=1S/C30H35Cl2N3O4S/c1-6-27(30(37)33-20(2)3)34(18-23-13-14-24(31)17-26(23)32)29(36)19-35(28-10-8-7-9-22(28)5)40(38,39)25-15-11-21(4)12-16-25/h7-17,20,27H,6,18-19H2,1-5H3,(H,33,37)/t27-/m0/s1. The number of carbonyl (C=O) groups excluding carboxylic acids is 2. The molecule has 3 aromatic rings. The molecule has 10 heteroatoms. The number of rotatable bonds is 11. The molecule has 3 aromatic carbocycles. The SMILES string of the molecule is CC[C@@H](C(=O)NC(C)C)N(Cc1ccc(Cl)cc1Cl)C(=O)CN(c1ccccc1C)S(=O)(=O)c1ccc(C)cc1. The van der Waals surface area contributed by atoms with Crippen LogP contribution in [0.25, 0.3) is 0 Å². The highest BCUT2D eigenvalue weighted by atomic mass is 35.5. The van der Waals surface area contributed by atoms with Gasteiger partial charge in [0, 0.05) is 22.6 Å². The average molecular weight is 605 g/mol. The third-order valence-electron chi connectivity index (χ3n) is 6.44. The van der Waals surface area contributed by atoms with E-state index in [1.807, 2.05) is 20.8 Å². The van der Waals surface area contributed by atoms with Crippen molar-refractivity contribution in [3.05, 3.63) is 93.5 Å². The number of benzene rings is 3. The Morgan fingerprint density at radius 2 is 1.60 bits per heavy atom. The van der Waals surface area contributed by atoms with Gasteiger partial charge in [-0.25, -0.2) is 8.42 Å². The maximum atomic E-state index is 14.1. The number of hydrogen-bond donors (Lipinski definition) is 1. The van der Waals surface area contributed by atoms with Crippen molar-refractivity contribution in [3.63, 3.8) is 0 Å². The second kappa shape index (κ2) is 13.5. The van der Waals surface area contributed by atoms with Gasteiger partial charge in [-0.3, -0.25) is 13.9 Å². The summed E-state index contributed by atoms with van der Waals surface area (Å²) in [7, 11) is -4.14. The van der Waals surface area contributed by atoms with Crippen LogP contribution in [0.5, 0.6) is 0 Å². The largest absolute Gasteiger partial charge is 0.352 e. The second-order valence-electron chi connectivity index (χ2n) is 9.96. The number of hydrogen-bond acceptors (Lipinski definition) is 4. The summed E-state index contributed by atoms with van der Waals surface area (Å²) in [5, 5.41) is 3.65. The minimum absolute atomic E-state index is 0.00888. The van der Waals surface area contributed by atoms with Gasteiger partial charge in [0.2, 0.25) is 11.8 Å². The molecule has 1 atom stereocenters. The topological polar surface area (TPSA) is 86.8 Å². The van der Waals surface area contributed by atoms with Crippen LogP contribution in [0, 0.1) is 13.8 Å². The summed E-state index contributed by atoms with van der Waals surface area (Å²) in [5.74, 6) is -0.879. The lowest BCUT2D eigenvalue weighted by Gasteiger charge is -2.34. The Morgan fingerprint density at radius 3 is 2.17 bits per heavy atom. The molecule has 0 aromatic heterocycles. The number of carbonyl (C=O) groups is 2. The first-order valence-electron chi connectivity index (χ1n) is 13.0. The summed E-state index contributed by atoms with van der Waals surface area (Å²) in [6.07, 6.45) is 0.310. The molecule has 2 amide bonds. The molecule has 0 unspecified atom stereocenters. The van der Waals surface area contributed by atoms with Gasteiger partial charge in [0.25, 0.3) is 10.0 Å². The van der Waals surface area contributed by atoms with Crippen LogP contribution in [-0.2, 0) is 26.2 Å². The number of anilines is 1. The third-order valence-corrected chi connectivity index (χ3v) is 8.81. The minimum Gasteiger partial charge on any atom is -0.352 e. The van der Waals surface area contributed by atoms with Gasteiger partial charge < -0.3 is 10.2 Å². The van der Waals surface area contributed by atoms with Crippen LogP contribution in [0.2, 0.25) is 10.0 Å². The molecular weight excluding hydrogens is 569 g/mol. The van der Waals surface area contributed by atoms with Crippen LogP contribution in [0.4, 0.5) is 5.69 Å². The number of halogens is 2. The van der Waals surface area contributed by atoms with Gasteiger partial charge in [-0.2, -0.15) is 0 Å². The van der Waals surface area contributed by atoms with Crippen molar-refractivity contribution in [3.8, 4) is 0 Å². The second-order valence-corrected chi connectivity index (χ2v) is 12.7. The van der Waals surface area contributed by atoms with Crippen LogP contribution in [0.15, 0.2) is 71.6 Å².